The fourth-order valence-electron chi connectivity index (χ4n) is 0.742. The molecule has 6 heteroatoms. The Kier molecular flexibility index (Phi) is 4.06. The highest BCUT2D eigenvalue weighted by Gasteiger charge is 2.06. The van der Waals surface area contributed by atoms with Crippen molar-refractivity contribution in [2.24, 2.45) is 0 Å². The maximum atomic E-state index is 8.55. The van der Waals surface area contributed by atoms with Crippen LogP contribution >= 0.6 is 34.8 Å². The van der Waals surface area contributed by atoms with Crippen molar-refractivity contribution in [3.8, 4) is 0 Å². The van der Waals surface area contributed by atoms with E-state index in [1.54, 1.807) is 0 Å². The quantitative estimate of drug-likeness (QED) is 0.799. The standard InChI is InChI=1S/C7H7Cl3N2O/c8-4-3-5(9)7(11-1-2-13)12-6(4)10/h3,13H,1-2H2,(H,11,12). The zero-order valence-electron chi connectivity index (χ0n) is 6.52. The lowest BCUT2D eigenvalue weighted by molar-refractivity contribution is 0.311. The Morgan fingerprint density at radius 1 is 1.31 bits per heavy atom. The lowest BCUT2D eigenvalue weighted by Crippen LogP contribution is -2.07. The molecular formula is C7H7Cl3N2O. The summed E-state index contributed by atoms with van der Waals surface area (Å²) in [6, 6.07) is 1.50. The molecule has 0 atom stereocenters. The number of nitrogens with one attached hydrogen (secondary N) is 1. The van der Waals surface area contributed by atoms with E-state index in [9.17, 15) is 0 Å². The van der Waals surface area contributed by atoms with E-state index in [2.05, 4.69) is 10.3 Å². The van der Waals surface area contributed by atoms with Crippen molar-refractivity contribution in [1.29, 1.82) is 0 Å². The van der Waals surface area contributed by atoms with Gasteiger partial charge in [-0.25, -0.2) is 4.98 Å². The second-order valence-electron chi connectivity index (χ2n) is 2.24. The number of aliphatic hydroxyl groups is 1. The Balaban J connectivity index is 2.88. The van der Waals surface area contributed by atoms with Crippen molar-refractivity contribution in [2.45, 2.75) is 0 Å². The molecule has 0 saturated carbocycles. The second kappa shape index (κ2) is 4.86. The van der Waals surface area contributed by atoms with E-state index in [0.717, 1.165) is 0 Å². The summed E-state index contributed by atoms with van der Waals surface area (Å²) in [6.07, 6.45) is 0. The van der Waals surface area contributed by atoms with Gasteiger partial charge >= 0.3 is 0 Å². The van der Waals surface area contributed by atoms with Gasteiger partial charge in [0, 0.05) is 6.54 Å². The molecule has 3 nitrogen and oxygen atoms in total. The van der Waals surface area contributed by atoms with Gasteiger partial charge in [0.1, 0.15) is 11.0 Å². The van der Waals surface area contributed by atoms with E-state index in [1.807, 2.05) is 0 Å². The molecule has 13 heavy (non-hydrogen) atoms. The molecule has 0 spiro atoms. The van der Waals surface area contributed by atoms with E-state index >= 15 is 0 Å². The van der Waals surface area contributed by atoms with E-state index < -0.39 is 0 Å². The first-order valence-electron chi connectivity index (χ1n) is 3.51. The molecule has 0 aliphatic rings. The first-order valence-corrected chi connectivity index (χ1v) is 4.65. The lowest BCUT2D eigenvalue weighted by atomic mass is 10.4. The fourth-order valence-corrected chi connectivity index (χ4v) is 1.31. The van der Waals surface area contributed by atoms with E-state index in [0.29, 0.717) is 22.4 Å². The Bertz CT molecular complexity index is 306. The van der Waals surface area contributed by atoms with Gasteiger partial charge in [0.05, 0.1) is 16.7 Å². The van der Waals surface area contributed by atoms with Gasteiger partial charge in [-0.15, -0.1) is 0 Å². The number of nitrogens with zero attached hydrogens (tertiary/aromatic N) is 1. The topological polar surface area (TPSA) is 45.1 Å². The van der Waals surface area contributed by atoms with Crippen LogP contribution in [0.3, 0.4) is 0 Å². The number of anilines is 1. The monoisotopic (exact) mass is 240 g/mol. The van der Waals surface area contributed by atoms with Gasteiger partial charge in [-0.05, 0) is 6.07 Å². The van der Waals surface area contributed by atoms with Crippen LogP contribution in [0.15, 0.2) is 6.07 Å². The molecule has 0 aromatic carbocycles. The average molecular weight is 242 g/mol. The summed E-state index contributed by atoms with van der Waals surface area (Å²) >= 11 is 17.1. The molecule has 1 aromatic heterocycles. The number of hydrogen-bond donors (Lipinski definition) is 2. The summed E-state index contributed by atoms with van der Waals surface area (Å²) in [5, 5.41) is 12.2. The van der Waals surface area contributed by atoms with Crippen LogP contribution in [0.1, 0.15) is 0 Å². The van der Waals surface area contributed by atoms with Crippen LogP contribution in [-0.2, 0) is 0 Å². The number of pyridine rings is 1. The van der Waals surface area contributed by atoms with Crippen LogP contribution < -0.4 is 5.32 Å². The summed E-state index contributed by atoms with van der Waals surface area (Å²) < 4.78 is 0. The smallest absolute Gasteiger partial charge is 0.150 e. The minimum atomic E-state index is -0.00173. The highest BCUT2D eigenvalue weighted by atomic mass is 35.5. The van der Waals surface area contributed by atoms with E-state index in [-0.39, 0.29) is 11.8 Å². The van der Waals surface area contributed by atoms with Crippen molar-refractivity contribution in [1.82, 2.24) is 4.98 Å². The van der Waals surface area contributed by atoms with Crippen LogP contribution in [-0.4, -0.2) is 23.2 Å². The maximum Gasteiger partial charge on any atom is 0.150 e. The largest absolute Gasteiger partial charge is 0.395 e. The van der Waals surface area contributed by atoms with Crippen molar-refractivity contribution in [2.75, 3.05) is 18.5 Å². The molecule has 0 bridgehead atoms. The molecule has 2 N–H and O–H groups in total. The molecule has 72 valence electrons. The summed E-state index contributed by atoms with van der Waals surface area (Å²) in [7, 11) is 0. The van der Waals surface area contributed by atoms with Gasteiger partial charge in [-0.1, -0.05) is 34.8 Å². The predicted molar refractivity (Wildman–Crippen MR) is 54.8 cm³/mol. The third-order valence-electron chi connectivity index (χ3n) is 1.29. The molecule has 0 aliphatic heterocycles. The highest BCUT2D eigenvalue weighted by Crippen LogP contribution is 2.28. The third-order valence-corrected chi connectivity index (χ3v) is 2.25. The van der Waals surface area contributed by atoms with Crippen LogP contribution in [0, 0.1) is 0 Å². The van der Waals surface area contributed by atoms with Crippen LogP contribution in [0.2, 0.25) is 15.2 Å². The van der Waals surface area contributed by atoms with Crippen molar-refractivity contribution in [3.05, 3.63) is 21.3 Å². The Morgan fingerprint density at radius 2 is 2.00 bits per heavy atom. The Hall–Kier alpha value is -0.220. The molecule has 0 aliphatic carbocycles. The molecule has 1 heterocycles. The number of halogens is 3. The SMILES string of the molecule is OCCNc1nc(Cl)c(Cl)cc1Cl. The van der Waals surface area contributed by atoms with Gasteiger partial charge in [-0.3, -0.25) is 0 Å². The van der Waals surface area contributed by atoms with E-state index in [1.165, 1.54) is 6.07 Å². The normalized spacial score (nSPS) is 10.2. The molecule has 0 fully saturated rings. The molecule has 1 rings (SSSR count). The minimum absolute atomic E-state index is 0.00173. The third kappa shape index (κ3) is 2.88. The van der Waals surface area contributed by atoms with Gasteiger partial charge in [0.2, 0.25) is 0 Å². The van der Waals surface area contributed by atoms with Crippen molar-refractivity contribution >= 4 is 40.6 Å². The van der Waals surface area contributed by atoms with E-state index in [4.69, 9.17) is 39.9 Å². The number of aliphatic hydroxyl groups excluding tert-OH is 1. The van der Waals surface area contributed by atoms with Crippen LogP contribution in [0.5, 0.6) is 0 Å². The fraction of sp³-hybridized carbons (Fsp3) is 0.286. The number of rotatable bonds is 3. The van der Waals surface area contributed by atoms with Gasteiger partial charge in [-0.2, -0.15) is 0 Å². The molecule has 0 radical (unpaired) electrons. The summed E-state index contributed by atoms with van der Waals surface area (Å²) in [5.74, 6) is 0.421. The molecular weight excluding hydrogens is 234 g/mol. The van der Waals surface area contributed by atoms with Gasteiger partial charge in [0.25, 0.3) is 0 Å². The maximum absolute atomic E-state index is 8.55. The Morgan fingerprint density at radius 3 is 2.62 bits per heavy atom. The van der Waals surface area contributed by atoms with Gasteiger partial charge in [0.15, 0.2) is 0 Å². The minimum Gasteiger partial charge on any atom is -0.395 e. The molecule has 1 aromatic rings. The average Bonchev–Trinajstić information content (AvgIpc) is 2.09. The zero-order chi connectivity index (χ0) is 9.84. The predicted octanol–water partition coefficient (Wildman–Crippen LogP) is 2.45. The van der Waals surface area contributed by atoms with Crippen molar-refractivity contribution < 1.29 is 5.11 Å². The molecule has 0 saturated heterocycles. The summed E-state index contributed by atoms with van der Waals surface area (Å²) in [6.45, 7) is 0.364. The molecule has 0 unspecified atom stereocenters. The summed E-state index contributed by atoms with van der Waals surface area (Å²) in [4.78, 5) is 3.89. The first-order chi connectivity index (χ1) is 6.15. The lowest BCUT2D eigenvalue weighted by Gasteiger charge is -2.06. The van der Waals surface area contributed by atoms with Crippen LogP contribution in [0.25, 0.3) is 0 Å². The highest BCUT2D eigenvalue weighted by molar-refractivity contribution is 6.42. The van der Waals surface area contributed by atoms with Gasteiger partial charge < -0.3 is 10.4 Å². The van der Waals surface area contributed by atoms with Crippen molar-refractivity contribution in [3.63, 3.8) is 0 Å². The second-order valence-corrected chi connectivity index (χ2v) is 3.41. The summed E-state index contributed by atoms with van der Waals surface area (Å²) in [5.41, 5.74) is 0. The Labute approximate surface area is 90.6 Å². The molecule has 0 amide bonds. The number of aromatic nitrogens is 1. The zero-order valence-corrected chi connectivity index (χ0v) is 8.79. The first kappa shape index (κ1) is 10.9. The van der Waals surface area contributed by atoms with Crippen LogP contribution in [0.4, 0.5) is 5.82 Å². The number of hydrogen-bond acceptors (Lipinski definition) is 3.